The Balaban J connectivity index is 1.29. The van der Waals surface area contributed by atoms with Crippen molar-refractivity contribution in [2.75, 3.05) is 53.7 Å². The number of carbonyl (C=O) groups excluding carboxylic acids is 1. The molecule has 0 saturated carbocycles. The van der Waals surface area contributed by atoms with E-state index in [-0.39, 0.29) is 24.1 Å². The largest absolute Gasteiger partial charge is 0.497 e. The molecule has 1 amide bonds. The Bertz CT molecular complexity index is 1070. The van der Waals surface area contributed by atoms with Crippen molar-refractivity contribution in [2.45, 2.75) is 11.4 Å². The Kier molecular flexibility index (Phi) is 6.54. The minimum absolute atomic E-state index is 0.127. The van der Waals surface area contributed by atoms with E-state index in [0.29, 0.717) is 18.8 Å². The molecule has 0 aromatic heterocycles. The van der Waals surface area contributed by atoms with E-state index in [4.69, 9.17) is 14.2 Å². The zero-order valence-electron chi connectivity index (χ0n) is 18.2. The molecule has 0 atom stereocenters. The number of benzene rings is 2. The Hall–Kier alpha value is -2.82. The molecule has 4 rings (SSSR count). The van der Waals surface area contributed by atoms with Gasteiger partial charge < -0.3 is 19.1 Å². The number of hydrogen-bond acceptors (Lipinski definition) is 7. The lowest BCUT2D eigenvalue weighted by Gasteiger charge is -2.35. The van der Waals surface area contributed by atoms with Crippen molar-refractivity contribution < 1.29 is 27.4 Å². The second-order valence-electron chi connectivity index (χ2n) is 7.78. The fraction of sp³-hybridized carbons (Fsp3) is 0.409. The van der Waals surface area contributed by atoms with Gasteiger partial charge in [-0.1, -0.05) is 6.07 Å². The Morgan fingerprint density at radius 1 is 1.03 bits per heavy atom. The molecule has 10 heteroatoms. The highest BCUT2D eigenvalue weighted by molar-refractivity contribution is 7.89. The summed E-state index contributed by atoms with van der Waals surface area (Å²) < 4.78 is 42.5. The van der Waals surface area contributed by atoms with Crippen molar-refractivity contribution in [3.8, 4) is 17.2 Å². The number of rotatable bonds is 7. The second-order valence-corrected chi connectivity index (χ2v) is 9.83. The molecule has 2 heterocycles. The van der Waals surface area contributed by atoms with Gasteiger partial charge in [0.2, 0.25) is 22.7 Å². The summed E-state index contributed by atoms with van der Waals surface area (Å²) in [6.07, 6.45) is 0. The highest BCUT2D eigenvalue weighted by Crippen LogP contribution is 2.32. The third-order valence-corrected chi connectivity index (χ3v) is 7.51. The lowest BCUT2D eigenvalue weighted by Crippen LogP contribution is -2.51. The number of nitrogens with zero attached hydrogens (tertiary/aromatic N) is 3. The maximum absolute atomic E-state index is 12.8. The summed E-state index contributed by atoms with van der Waals surface area (Å²) in [5, 5.41) is 0. The van der Waals surface area contributed by atoms with E-state index in [0.717, 1.165) is 41.0 Å². The van der Waals surface area contributed by atoms with E-state index >= 15 is 0 Å². The minimum Gasteiger partial charge on any atom is -0.497 e. The summed E-state index contributed by atoms with van der Waals surface area (Å²) in [4.78, 5) is 16.8. The van der Waals surface area contributed by atoms with Gasteiger partial charge in [0.1, 0.15) is 5.75 Å². The molecule has 1 saturated heterocycles. The molecule has 1 fully saturated rings. The summed E-state index contributed by atoms with van der Waals surface area (Å²) in [5.74, 6) is 1.89. The molecule has 2 aliphatic heterocycles. The monoisotopic (exact) mass is 461 g/mol. The van der Waals surface area contributed by atoms with Gasteiger partial charge in [0.05, 0.1) is 18.6 Å². The van der Waals surface area contributed by atoms with Gasteiger partial charge in [0, 0.05) is 39.8 Å². The smallest absolute Gasteiger partial charge is 0.243 e. The van der Waals surface area contributed by atoms with Crippen LogP contribution in [-0.4, -0.2) is 82.1 Å². The molecule has 172 valence electrons. The molecule has 0 radical (unpaired) electrons. The van der Waals surface area contributed by atoms with Gasteiger partial charge in [-0.2, -0.15) is 4.31 Å². The van der Waals surface area contributed by atoms with Gasteiger partial charge in [-0.3, -0.25) is 9.69 Å². The van der Waals surface area contributed by atoms with E-state index in [1.54, 1.807) is 17.0 Å². The summed E-state index contributed by atoms with van der Waals surface area (Å²) in [6.45, 7) is 3.35. The summed E-state index contributed by atoms with van der Waals surface area (Å²) in [6, 6.07) is 12.0. The molecule has 2 aromatic rings. The quantitative estimate of drug-likeness (QED) is 0.616. The molecule has 2 aromatic carbocycles. The van der Waals surface area contributed by atoms with Crippen LogP contribution in [0, 0.1) is 0 Å². The number of piperazine rings is 1. The molecule has 0 bridgehead atoms. The predicted molar refractivity (Wildman–Crippen MR) is 117 cm³/mol. The lowest BCUT2D eigenvalue weighted by atomic mass is 10.1. The molecule has 0 N–H and O–H groups in total. The molecule has 0 spiro atoms. The number of amides is 1. The highest BCUT2D eigenvalue weighted by Gasteiger charge is 2.27. The first-order valence-corrected chi connectivity index (χ1v) is 11.8. The van der Waals surface area contributed by atoms with Crippen molar-refractivity contribution in [3.05, 3.63) is 48.0 Å². The number of likely N-dealkylation sites (N-methyl/N-ethyl adjacent to an activating group) is 1. The third kappa shape index (κ3) is 4.82. The predicted octanol–water partition coefficient (Wildman–Crippen LogP) is 1.39. The van der Waals surface area contributed by atoms with Gasteiger partial charge in [-0.25, -0.2) is 8.42 Å². The highest BCUT2D eigenvalue weighted by atomic mass is 32.2. The van der Waals surface area contributed by atoms with Crippen LogP contribution >= 0.6 is 0 Å². The number of carbonyl (C=O) groups is 1. The van der Waals surface area contributed by atoms with Crippen LogP contribution in [0.2, 0.25) is 0 Å². The Morgan fingerprint density at radius 3 is 2.41 bits per heavy atom. The van der Waals surface area contributed by atoms with Crippen LogP contribution in [0.15, 0.2) is 47.4 Å². The van der Waals surface area contributed by atoms with Crippen LogP contribution in [-0.2, 0) is 21.4 Å². The van der Waals surface area contributed by atoms with Crippen LogP contribution in [0.5, 0.6) is 17.2 Å². The first kappa shape index (κ1) is 22.4. The van der Waals surface area contributed by atoms with Crippen molar-refractivity contribution in [2.24, 2.45) is 0 Å². The Labute approximate surface area is 188 Å². The third-order valence-electron chi connectivity index (χ3n) is 5.69. The van der Waals surface area contributed by atoms with Gasteiger partial charge in [0.15, 0.2) is 11.5 Å². The van der Waals surface area contributed by atoms with Crippen molar-refractivity contribution in [1.29, 1.82) is 0 Å². The van der Waals surface area contributed by atoms with Crippen LogP contribution in [0.4, 0.5) is 0 Å². The zero-order valence-corrected chi connectivity index (χ0v) is 19.0. The number of fused-ring (bicyclic) bond motifs is 1. The van der Waals surface area contributed by atoms with E-state index < -0.39 is 10.0 Å². The molecule has 0 aliphatic carbocycles. The van der Waals surface area contributed by atoms with Gasteiger partial charge >= 0.3 is 0 Å². The maximum atomic E-state index is 12.8. The molecular formula is C22H27N3O6S. The minimum atomic E-state index is -3.76. The maximum Gasteiger partial charge on any atom is 0.243 e. The fourth-order valence-electron chi connectivity index (χ4n) is 3.76. The van der Waals surface area contributed by atoms with E-state index in [2.05, 4.69) is 4.90 Å². The van der Waals surface area contributed by atoms with Gasteiger partial charge in [-0.05, 0) is 42.0 Å². The first-order valence-electron chi connectivity index (χ1n) is 10.4. The standard InChI is InChI=1S/C22H27N3O6S/c1-23(32(27,28)19-6-4-18(29-2)5-7-19)15-22(26)25-11-9-24(10-12-25)14-17-3-8-20-21(13-17)31-16-30-20/h3-8,13H,9-12,14-16H2,1-2H3. The van der Waals surface area contributed by atoms with Crippen LogP contribution < -0.4 is 14.2 Å². The van der Waals surface area contributed by atoms with E-state index in [1.165, 1.54) is 26.3 Å². The number of hydrogen-bond donors (Lipinski definition) is 0. The number of methoxy groups -OCH3 is 1. The Morgan fingerprint density at radius 2 is 1.72 bits per heavy atom. The normalized spacial score (nSPS) is 16.4. The van der Waals surface area contributed by atoms with Gasteiger partial charge in [0.25, 0.3) is 0 Å². The average Bonchev–Trinajstić information content (AvgIpc) is 3.27. The molecule has 2 aliphatic rings. The van der Waals surface area contributed by atoms with Gasteiger partial charge in [-0.15, -0.1) is 0 Å². The van der Waals surface area contributed by atoms with E-state index in [1.807, 2.05) is 18.2 Å². The van der Waals surface area contributed by atoms with Crippen molar-refractivity contribution in [3.63, 3.8) is 0 Å². The lowest BCUT2D eigenvalue weighted by molar-refractivity contribution is -0.133. The fourth-order valence-corrected chi connectivity index (χ4v) is 4.88. The van der Waals surface area contributed by atoms with Crippen molar-refractivity contribution in [1.82, 2.24) is 14.1 Å². The van der Waals surface area contributed by atoms with Crippen LogP contribution in [0.3, 0.4) is 0 Å². The van der Waals surface area contributed by atoms with Crippen LogP contribution in [0.1, 0.15) is 5.56 Å². The molecular weight excluding hydrogens is 434 g/mol. The summed E-state index contributed by atoms with van der Waals surface area (Å²) >= 11 is 0. The topological polar surface area (TPSA) is 88.6 Å². The number of sulfonamides is 1. The van der Waals surface area contributed by atoms with E-state index in [9.17, 15) is 13.2 Å². The number of ether oxygens (including phenoxy) is 3. The SMILES string of the molecule is COc1ccc(S(=O)(=O)N(C)CC(=O)N2CCN(Cc3ccc4c(c3)OCO4)CC2)cc1. The molecule has 32 heavy (non-hydrogen) atoms. The molecule has 0 unspecified atom stereocenters. The molecule has 9 nitrogen and oxygen atoms in total. The van der Waals surface area contributed by atoms with Crippen molar-refractivity contribution >= 4 is 15.9 Å². The zero-order chi connectivity index (χ0) is 22.7. The van der Waals surface area contributed by atoms with Crippen LogP contribution in [0.25, 0.3) is 0 Å². The second kappa shape index (κ2) is 9.35. The summed E-state index contributed by atoms with van der Waals surface area (Å²) in [5.41, 5.74) is 1.12. The first-order chi connectivity index (χ1) is 15.4. The average molecular weight is 462 g/mol. The summed E-state index contributed by atoms with van der Waals surface area (Å²) in [7, 11) is -0.815.